The van der Waals surface area contributed by atoms with Crippen molar-refractivity contribution < 1.29 is 31.8 Å². The van der Waals surface area contributed by atoms with Crippen molar-refractivity contribution >= 4 is 79.6 Å². The van der Waals surface area contributed by atoms with Gasteiger partial charge in [-0.1, -0.05) is 0 Å². The van der Waals surface area contributed by atoms with E-state index < -0.39 is 21.8 Å². The first-order valence-electron chi connectivity index (χ1n) is 11.2. The summed E-state index contributed by atoms with van der Waals surface area (Å²) in [7, 11) is -4.34. The Hall–Kier alpha value is -2.82. The Labute approximate surface area is 217 Å². The van der Waals surface area contributed by atoms with Gasteiger partial charge in [0.25, 0.3) is 0 Å². The van der Waals surface area contributed by atoms with Gasteiger partial charge in [0.1, 0.15) is 0 Å². The summed E-state index contributed by atoms with van der Waals surface area (Å²) in [6, 6.07) is 16.6. The minimum absolute atomic E-state index is 0.0954. The number of anilines is 1. The summed E-state index contributed by atoms with van der Waals surface area (Å²) in [5.41, 5.74) is 1.64. The van der Waals surface area contributed by atoms with Crippen molar-refractivity contribution in [1.82, 2.24) is 0 Å². The van der Waals surface area contributed by atoms with Crippen molar-refractivity contribution in [3.8, 4) is 0 Å². The second-order valence-electron chi connectivity index (χ2n) is 8.33. The fraction of sp³-hybridized carbons (Fsp3) is 0.200. The summed E-state index contributed by atoms with van der Waals surface area (Å²) < 4.78 is 52.8. The van der Waals surface area contributed by atoms with Crippen LogP contribution < -0.4 is 13.9 Å². The number of hydrogen-bond acceptors (Lipinski definition) is 6. The van der Waals surface area contributed by atoms with E-state index in [2.05, 4.69) is 0 Å². The molecule has 0 spiro atoms. The van der Waals surface area contributed by atoms with Crippen molar-refractivity contribution in [2.45, 2.75) is 19.4 Å². The Morgan fingerprint density at radius 1 is 1.19 bits per heavy atom. The quantitative estimate of drug-likeness (QED) is 0.192. The molecule has 0 fully saturated rings. The summed E-state index contributed by atoms with van der Waals surface area (Å²) >= 11 is 1.37. The topological polar surface area (TPSA) is 102 Å². The number of carbonyl (C=O) groups is 1. The van der Waals surface area contributed by atoms with Crippen molar-refractivity contribution in [2.24, 2.45) is 0 Å². The van der Waals surface area contributed by atoms with Crippen LogP contribution in [0.4, 0.5) is 10.1 Å². The molecular weight excluding hydrogens is 570 g/mol. The van der Waals surface area contributed by atoms with Crippen LogP contribution in [0.25, 0.3) is 27.1 Å². The molecular formula is C25H21FN2O5S2Se. The van der Waals surface area contributed by atoms with Gasteiger partial charge in [-0.25, -0.2) is 0 Å². The second kappa shape index (κ2) is 9.91. The molecule has 0 unspecified atom stereocenters. The van der Waals surface area contributed by atoms with E-state index in [0.717, 1.165) is 35.1 Å². The van der Waals surface area contributed by atoms with E-state index in [1.807, 2.05) is 51.9 Å². The number of hydrogen-bond donors (Lipinski definition) is 1. The number of benzene rings is 3. The van der Waals surface area contributed by atoms with E-state index in [4.69, 9.17) is 0 Å². The zero-order chi connectivity index (χ0) is 25.4. The van der Waals surface area contributed by atoms with Crippen molar-refractivity contribution in [2.75, 3.05) is 17.2 Å². The number of carboxylic acid groups (broad SMARTS) is 1. The van der Waals surface area contributed by atoms with Crippen LogP contribution in [-0.4, -0.2) is 51.3 Å². The van der Waals surface area contributed by atoms with E-state index in [1.165, 1.54) is 12.1 Å². The van der Waals surface area contributed by atoms with Crippen molar-refractivity contribution in [3.05, 3.63) is 70.0 Å². The van der Waals surface area contributed by atoms with Crippen LogP contribution in [0.2, 0.25) is 0 Å². The Kier molecular flexibility index (Phi) is 6.84. The fourth-order valence-electron chi connectivity index (χ4n) is 4.33. The molecule has 3 aromatic carbocycles. The van der Waals surface area contributed by atoms with Crippen LogP contribution in [0.3, 0.4) is 0 Å². The summed E-state index contributed by atoms with van der Waals surface area (Å²) in [6.07, 6.45) is 2.06. The van der Waals surface area contributed by atoms with Gasteiger partial charge >= 0.3 is 218 Å². The fourth-order valence-corrected chi connectivity index (χ4v) is 8.44. The standard InChI is InChI=1S/C25H21FN2O5S2Se/c26-17-7-9-21-19(14-17)27(12-10-24(29)30)23(36-21)15-22-28(11-3-13-35(31,32)33)25-18-5-2-1-4-16(18)6-8-20(25)34-22/h1-2,4-9,14-15H,3,10-13H2,(H-,29,30,31,32,33). The third-order valence-corrected chi connectivity index (χ3v) is 10.1. The molecule has 0 bridgehead atoms. The minimum atomic E-state index is -4.34. The maximum atomic E-state index is 14.0. The molecule has 5 rings (SSSR count). The molecule has 0 amide bonds. The molecule has 7 nitrogen and oxygen atoms in total. The Morgan fingerprint density at radius 3 is 2.78 bits per heavy atom. The summed E-state index contributed by atoms with van der Waals surface area (Å²) in [5.74, 6) is -1.78. The molecule has 0 aliphatic carbocycles. The SMILES string of the molecule is O=C(O)CCN1C(=Cc2sc3ccc4ccccc4c3[n+]2CCCS(=O)(=O)[O-])[Se]c2ccc(F)cc21. The number of carboxylic acids is 1. The van der Waals surface area contributed by atoms with Gasteiger partial charge in [-0.2, -0.15) is 0 Å². The average Bonchev–Trinajstić information content (AvgIpc) is 3.34. The Balaban J connectivity index is 1.63. The van der Waals surface area contributed by atoms with Crippen LogP contribution in [0.5, 0.6) is 0 Å². The van der Waals surface area contributed by atoms with E-state index in [-0.39, 0.29) is 40.2 Å². The molecule has 0 saturated carbocycles. The molecule has 4 aromatic rings. The normalized spacial score (nSPS) is 14.7. The molecule has 0 saturated heterocycles. The van der Waals surface area contributed by atoms with Crippen LogP contribution in [0, 0.1) is 5.82 Å². The molecule has 1 aliphatic heterocycles. The second-order valence-corrected chi connectivity index (χ2v) is 13.1. The van der Waals surface area contributed by atoms with E-state index in [1.54, 1.807) is 17.4 Å². The van der Waals surface area contributed by atoms with Gasteiger partial charge in [0.15, 0.2) is 0 Å². The number of rotatable bonds is 8. The number of aryl methyl sites for hydroxylation is 1. The third-order valence-electron chi connectivity index (χ3n) is 5.88. The van der Waals surface area contributed by atoms with Crippen LogP contribution in [-0.2, 0) is 21.5 Å². The van der Waals surface area contributed by atoms with Gasteiger partial charge in [0.2, 0.25) is 0 Å². The average molecular weight is 592 g/mol. The molecule has 0 atom stereocenters. The van der Waals surface area contributed by atoms with Crippen LogP contribution >= 0.6 is 11.3 Å². The first kappa shape index (κ1) is 24.9. The van der Waals surface area contributed by atoms with E-state index in [0.29, 0.717) is 12.2 Å². The van der Waals surface area contributed by atoms with Gasteiger partial charge < -0.3 is 0 Å². The molecule has 186 valence electrons. The summed E-state index contributed by atoms with van der Waals surface area (Å²) in [6.45, 7) is 0.542. The predicted molar refractivity (Wildman–Crippen MR) is 138 cm³/mol. The third kappa shape index (κ3) is 5.16. The van der Waals surface area contributed by atoms with E-state index in [9.17, 15) is 27.3 Å². The van der Waals surface area contributed by atoms with Gasteiger partial charge in [0, 0.05) is 0 Å². The zero-order valence-electron chi connectivity index (χ0n) is 18.9. The first-order chi connectivity index (χ1) is 17.2. The number of fused-ring (bicyclic) bond motifs is 4. The molecule has 1 aliphatic rings. The maximum absolute atomic E-state index is 14.0. The number of thiazole rings is 1. The van der Waals surface area contributed by atoms with Crippen molar-refractivity contribution in [1.29, 1.82) is 0 Å². The molecule has 0 radical (unpaired) electrons. The van der Waals surface area contributed by atoms with Gasteiger partial charge in [-0.05, 0) is 0 Å². The molecule has 36 heavy (non-hydrogen) atoms. The van der Waals surface area contributed by atoms with Crippen molar-refractivity contribution in [3.63, 3.8) is 0 Å². The molecule has 1 aromatic heterocycles. The number of aromatic nitrogens is 1. The van der Waals surface area contributed by atoms with E-state index >= 15 is 0 Å². The van der Waals surface area contributed by atoms with Gasteiger partial charge in [-0.3, -0.25) is 0 Å². The zero-order valence-corrected chi connectivity index (χ0v) is 22.2. The summed E-state index contributed by atoms with van der Waals surface area (Å²) in [4.78, 5) is 13.2. The number of nitrogens with zero attached hydrogens (tertiary/aromatic N) is 2. The Morgan fingerprint density at radius 2 is 2.00 bits per heavy atom. The first-order valence-corrected chi connectivity index (χ1v) is 15.3. The van der Waals surface area contributed by atoms with Gasteiger partial charge in [0.05, 0.1) is 0 Å². The number of aliphatic carboxylic acids is 1. The Bertz CT molecular complexity index is 1630. The molecule has 2 heterocycles. The predicted octanol–water partition coefficient (Wildman–Crippen LogP) is 3.04. The van der Waals surface area contributed by atoms with Crippen LogP contribution in [0.1, 0.15) is 17.8 Å². The molecule has 11 heteroatoms. The van der Waals surface area contributed by atoms with Crippen LogP contribution in [0.15, 0.2) is 59.2 Å². The monoisotopic (exact) mass is 592 g/mol. The van der Waals surface area contributed by atoms with Gasteiger partial charge in [-0.15, -0.1) is 0 Å². The summed E-state index contributed by atoms with van der Waals surface area (Å²) in [5, 5.41) is 12.2. The molecule has 1 N–H and O–H groups in total. The number of halogens is 1.